The summed E-state index contributed by atoms with van der Waals surface area (Å²) in [5.74, 6) is 0. The molecule has 0 unspecified atom stereocenters. The van der Waals surface area contributed by atoms with Crippen LogP contribution in [0.4, 0.5) is 5.69 Å². The van der Waals surface area contributed by atoms with Crippen molar-refractivity contribution in [2.75, 3.05) is 5.73 Å². The number of aryl methyl sites for hydroxylation is 1. The van der Waals surface area contributed by atoms with Crippen LogP contribution in [-0.4, -0.2) is 0 Å². The van der Waals surface area contributed by atoms with Crippen molar-refractivity contribution in [1.29, 1.82) is 0 Å². The molecule has 2 N–H and O–H groups in total. The quantitative estimate of drug-likeness (QED) is 0.714. The third kappa shape index (κ3) is 3.02. The van der Waals surface area contributed by atoms with E-state index in [0.717, 1.165) is 12.1 Å². The zero-order valence-corrected chi connectivity index (χ0v) is 12.4. The van der Waals surface area contributed by atoms with Crippen LogP contribution in [0.15, 0.2) is 12.1 Å². The molecule has 0 heterocycles. The van der Waals surface area contributed by atoms with Crippen LogP contribution in [0, 0.1) is 0 Å². The van der Waals surface area contributed by atoms with Gasteiger partial charge in [0.1, 0.15) is 0 Å². The molecule has 0 saturated heterocycles. The Bertz CT molecular complexity index is 368. The minimum atomic E-state index is 0.106. The summed E-state index contributed by atoms with van der Waals surface area (Å²) in [5, 5.41) is 0. The lowest BCUT2D eigenvalue weighted by molar-refractivity contribution is 0.571. The normalized spacial score (nSPS) is 12.9. The summed E-state index contributed by atoms with van der Waals surface area (Å²) in [7, 11) is 0. The monoisotopic (exact) mass is 233 g/mol. The summed E-state index contributed by atoms with van der Waals surface area (Å²) in [6.07, 6.45) is 1.06. The molecule has 0 spiro atoms. The highest BCUT2D eigenvalue weighted by atomic mass is 14.6. The molecule has 0 aliphatic rings. The molecule has 1 aromatic rings. The van der Waals surface area contributed by atoms with Crippen molar-refractivity contribution in [2.45, 2.75) is 65.7 Å². The van der Waals surface area contributed by atoms with Gasteiger partial charge in [-0.3, -0.25) is 0 Å². The van der Waals surface area contributed by atoms with Crippen LogP contribution in [0.3, 0.4) is 0 Å². The second-order valence-electron chi connectivity index (χ2n) is 6.96. The summed E-state index contributed by atoms with van der Waals surface area (Å²) in [6.45, 7) is 15.6. The maximum Gasteiger partial charge on any atom is 0.0390 e. The van der Waals surface area contributed by atoms with Gasteiger partial charge in [0.15, 0.2) is 0 Å². The van der Waals surface area contributed by atoms with Gasteiger partial charge in [-0.1, -0.05) is 60.6 Å². The minimum absolute atomic E-state index is 0.106. The number of nitrogen functional groups attached to an aromatic ring is 1. The van der Waals surface area contributed by atoms with Gasteiger partial charge in [-0.15, -0.1) is 0 Å². The van der Waals surface area contributed by atoms with Gasteiger partial charge in [-0.25, -0.2) is 0 Å². The zero-order chi connectivity index (χ0) is 13.4. The summed E-state index contributed by atoms with van der Waals surface area (Å²) < 4.78 is 0. The molecular formula is C16H27N. The number of benzene rings is 1. The Morgan fingerprint density at radius 1 is 0.882 bits per heavy atom. The maximum absolute atomic E-state index is 6.38. The molecule has 0 radical (unpaired) electrons. The number of rotatable bonds is 1. The van der Waals surface area contributed by atoms with Gasteiger partial charge in [0, 0.05) is 5.69 Å². The van der Waals surface area contributed by atoms with E-state index in [1.165, 1.54) is 16.7 Å². The maximum atomic E-state index is 6.38. The highest BCUT2D eigenvalue weighted by Crippen LogP contribution is 2.37. The van der Waals surface area contributed by atoms with E-state index in [-0.39, 0.29) is 10.8 Å². The van der Waals surface area contributed by atoms with E-state index in [2.05, 4.69) is 60.6 Å². The molecule has 0 aromatic heterocycles. The first kappa shape index (κ1) is 14.1. The van der Waals surface area contributed by atoms with Crippen molar-refractivity contribution in [1.82, 2.24) is 0 Å². The van der Waals surface area contributed by atoms with Crippen molar-refractivity contribution >= 4 is 5.69 Å². The Morgan fingerprint density at radius 3 is 1.47 bits per heavy atom. The topological polar surface area (TPSA) is 26.0 Å². The lowest BCUT2D eigenvalue weighted by Gasteiger charge is -2.29. The van der Waals surface area contributed by atoms with Crippen LogP contribution in [-0.2, 0) is 17.3 Å². The largest absolute Gasteiger partial charge is 0.398 e. The molecule has 1 aromatic carbocycles. The van der Waals surface area contributed by atoms with Gasteiger partial charge in [0.05, 0.1) is 0 Å². The molecule has 1 rings (SSSR count). The third-order valence-electron chi connectivity index (χ3n) is 3.26. The van der Waals surface area contributed by atoms with Crippen molar-refractivity contribution in [3.8, 4) is 0 Å². The predicted octanol–water partition coefficient (Wildman–Crippen LogP) is 4.43. The molecule has 0 amide bonds. The first-order valence-electron chi connectivity index (χ1n) is 6.50. The fraction of sp³-hybridized carbons (Fsp3) is 0.625. The van der Waals surface area contributed by atoms with Gasteiger partial charge >= 0.3 is 0 Å². The van der Waals surface area contributed by atoms with E-state index < -0.39 is 0 Å². The predicted molar refractivity (Wildman–Crippen MR) is 77.6 cm³/mol. The molecule has 0 aliphatic heterocycles. The van der Waals surface area contributed by atoms with E-state index in [0.29, 0.717) is 0 Å². The highest BCUT2D eigenvalue weighted by molar-refractivity contribution is 5.60. The molecule has 17 heavy (non-hydrogen) atoms. The first-order chi connectivity index (χ1) is 7.57. The van der Waals surface area contributed by atoms with Crippen LogP contribution in [0.1, 0.15) is 65.2 Å². The lowest BCUT2D eigenvalue weighted by Crippen LogP contribution is -2.21. The van der Waals surface area contributed by atoms with Crippen molar-refractivity contribution in [3.63, 3.8) is 0 Å². The van der Waals surface area contributed by atoms with E-state index in [1.54, 1.807) is 0 Å². The van der Waals surface area contributed by atoms with Gasteiger partial charge in [0.25, 0.3) is 0 Å². The van der Waals surface area contributed by atoms with Crippen LogP contribution in [0.25, 0.3) is 0 Å². The van der Waals surface area contributed by atoms with Crippen LogP contribution >= 0.6 is 0 Å². The molecule has 0 aliphatic carbocycles. The summed E-state index contributed by atoms with van der Waals surface area (Å²) in [4.78, 5) is 0. The standard InChI is InChI=1S/C16H27N/c1-8-11-9-12(15(2,3)4)14(17)13(10-11)16(5,6)7/h9-10H,8,17H2,1-7H3. The smallest absolute Gasteiger partial charge is 0.0390 e. The second-order valence-corrected chi connectivity index (χ2v) is 6.96. The number of hydrogen-bond acceptors (Lipinski definition) is 1. The van der Waals surface area contributed by atoms with Crippen LogP contribution in [0.5, 0.6) is 0 Å². The fourth-order valence-electron chi connectivity index (χ4n) is 2.16. The van der Waals surface area contributed by atoms with Crippen molar-refractivity contribution in [3.05, 3.63) is 28.8 Å². The number of hydrogen-bond donors (Lipinski definition) is 1. The van der Waals surface area contributed by atoms with E-state index in [1.807, 2.05) is 0 Å². The summed E-state index contributed by atoms with van der Waals surface area (Å²) >= 11 is 0. The molecule has 0 atom stereocenters. The van der Waals surface area contributed by atoms with E-state index in [9.17, 15) is 0 Å². The SMILES string of the molecule is CCc1cc(C(C)(C)C)c(N)c(C(C)(C)C)c1. The number of anilines is 1. The van der Waals surface area contributed by atoms with Gasteiger partial charge < -0.3 is 5.73 Å². The van der Waals surface area contributed by atoms with Gasteiger partial charge in [0.2, 0.25) is 0 Å². The Kier molecular flexibility index (Phi) is 3.61. The molecule has 0 bridgehead atoms. The average molecular weight is 233 g/mol. The van der Waals surface area contributed by atoms with E-state index >= 15 is 0 Å². The molecule has 1 heteroatoms. The number of nitrogens with two attached hydrogens (primary N) is 1. The Balaban J connectivity index is 3.53. The third-order valence-corrected chi connectivity index (χ3v) is 3.26. The van der Waals surface area contributed by atoms with Crippen molar-refractivity contribution in [2.24, 2.45) is 0 Å². The van der Waals surface area contributed by atoms with Gasteiger partial charge in [-0.2, -0.15) is 0 Å². The zero-order valence-electron chi connectivity index (χ0n) is 12.4. The molecule has 0 fully saturated rings. The summed E-state index contributed by atoms with van der Waals surface area (Å²) in [6, 6.07) is 4.54. The van der Waals surface area contributed by atoms with Crippen molar-refractivity contribution < 1.29 is 0 Å². The van der Waals surface area contributed by atoms with E-state index in [4.69, 9.17) is 5.73 Å². The minimum Gasteiger partial charge on any atom is -0.398 e. The van der Waals surface area contributed by atoms with Gasteiger partial charge in [-0.05, 0) is 33.9 Å². The highest BCUT2D eigenvalue weighted by Gasteiger charge is 2.24. The summed E-state index contributed by atoms with van der Waals surface area (Å²) in [5.41, 5.74) is 11.5. The van der Waals surface area contributed by atoms with Crippen LogP contribution < -0.4 is 5.73 Å². The molecule has 1 nitrogen and oxygen atoms in total. The fourth-order valence-corrected chi connectivity index (χ4v) is 2.16. The Hall–Kier alpha value is -0.980. The Labute approximate surface area is 106 Å². The molecule has 96 valence electrons. The first-order valence-corrected chi connectivity index (χ1v) is 6.50. The Morgan fingerprint density at radius 2 is 1.24 bits per heavy atom. The molecule has 0 saturated carbocycles. The second kappa shape index (κ2) is 4.36. The average Bonchev–Trinajstić information content (AvgIpc) is 2.14. The molecular weight excluding hydrogens is 206 g/mol. The lowest BCUT2D eigenvalue weighted by atomic mass is 9.77. The van der Waals surface area contributed by atoms with Crippen LogP contribution in [0.2, 0.25) is 0 Å².